The van der Waals surface area contributed by atoms with Gasteiger partial charge in [0.2, 0.25) is 0 Å². The maximum Gasteiger partial charge on any atom is 0.189 e. The van der Waals surface area contributed by atoms with Crippen molar-refractivity contribution in [3.05, 3.63) is 34.5 Å². The van der Waals surface area contributed by atoms with Crippen LogP contribution in [-0.2, 0) is 4.43 Å². The summed E-state index contributed by atoms with van der Waals surface area (Å²) in [6.45, 7) is 13.0. The number of nitriles is 1. The predicted octanol–water partition coefficient (Wildman–Crippen LogP) is 4.55. The summed E-state index contributed by atoms with van der Waals surface area (Å²) in [6.07, 6.45) is 3.45. The van der Waals surface area contributed by atoms with Gasteiger partial charge in [-0.2, -0.15) is 5.26 Å². The summed E-state index contributed by atoms with van der Waals surface area (Å²) in [7, 11) is -1.19. The first-order chi connectivity index (χ1) is 11.2. The quantitative estimate of drug-likeness (QED) is 0.792. The van der Waals surface area contributed by atoms with Crippen LogP contribution in [0.1, 0.15) is 42.9 Å². The van der Waals surface area contributed by atoms with Crippen molar-refractivity contribution in [3.8, 4) is 6.07 Å². The first-order valence-electron chi connectivity index (χ1n) is 7.95. The van der Waals surface area contributed by atoms with Crippen molar-refractivity contribution >= 4 is 31.3 Å². The Bertz CT molecular complexity index is 746. The summed E-state index contributed by atoms with van der Waals surface area (Å²) in [5, 5.41) is 12.8. The molecule has 2 rings (SSSR count). The number of hydrogen-bond donors (Lipinski definition) is 1. The van der Waals surface area contributed by atoms with Gasteiger partial charge in [-0.1, -0.05) is 32.1 Å². The number of nitrogens with one attached hydrogen (secondary N) is 1. The van der Waals surface area contributed by atoms with Crippen LogP contribution in [0.5, 0.6) is 0 Å². The van der Waals surface area contributed by atoms with Gasteiger partial charge in [-0.25, -0.2) is 9.97 Å². The first kappa shape index (κ1) is 18.6. The van der Waals surface area contributed by atoms with Crippen LogP contribution in [0, 0.1) is 23.7 Å². The number of aromatic nitrogens is 2. The molecule has 0 fully saturated rings. The topological polar surface area (TPSA) is 70.8 Å². The van der Waals surface area contributed by atoms with Crippen LogP contribution in [0.25, 0.3) is 0 Å². The van der Waals surface area contributed by atoms with Gasteiger partial charge in [0.25, 0.3) is 0 Å². The van der Waals surface area contributed by atoms with Crippen LogP contribution < -0.4 is 5.32 Å². The van der Waals surface area contributed by atoms with E-state index in [4.69, 9.17) is 9.69 Å². The highest BCUT2D eigenvalue weighted by atomic mass is 32.1. The summed E-state index contributed by atoms with van der Waals surface area (Å²) in [4.78, 5) is 9.21. The second-order valence-corrected chi connectivity index (χ2v) is 10.5. The fourth-order valence-corrected chi connectivity index (χ4v) is 4.12. The van der Waals surface area contributed by atoms with Crippen molar-refractivity contribution in [2.75, 3.05) is 5.32 Å². The van der Waals surface area contributed by atoms with Gasteiger partial charge >= 0.3 is 0 Å². The van der Waals surface area contributed by atoms with Crippen LogP contribution in [0.4, 0.5) is 10.9 Å². The fraction of sp³-hybridized carbons (Fsp3) is 0.471. The fourth-order valence-electron chi connectivity index (χ4n) is 2.40. The van der Waals surface area contributed by atoms with Gasteiger partial charge in [-0.05, 0) is 42.6 Å². The third-order valence-corrected chi connectivity index (χ3v) is 5.11. The minimum Gasteiger partial charge on any atom is -0.413 e. The summed E-state index contributed by atoms with van der Waals surface area (Å²) < 4.78 is 6.34. The number of thiazole rings is 1. The van der Waals surface area contributed by atoms with E-state index in [0.29, 0.717) is 10.0 Å². The Hall–Kier alpha value is -1.75. The monoisotopic (exact) mass is 360 g/mol. The third kappa shape index (κ3) is 4.63. The van der Waals surface area contributed by atoms with E-state index < -0.39 is 9.04 Å². The van der Waals surface area contributed by atoms with Crippen molar-refractivity contribution in [1.29, 1.82) is 5.26 Å². The second kappa shape index (κ2) is 7.43. The van der Waals surface area contributed by atoms with E-state index in [1.54, 1.807) is 6.20 Å². The summed E-state index contributed by atoms with van der Waals surface area (Å²) in [5.41, 5.74) is 2.26. The molecular weight excluding hydrogens is 336 g/mol. The van der Waals surface area contributed by atoms with Crippen LogP contribution in [0.3, 0.4) is 0 Å². The molecule has 0 saturated heterocycles. The van der Waals surface area contributed by atoms with Crippen LogP contribution in [-0.4, -0.2) is 19.0 Å². The molecule has 2 aromatic heterocycles. The number of rotatable bonds is 5. The summed E-state index contributed by atoms with van der Waals surface area (Å²) in [5.74, 6) is 0.720. The molecule has 5 nitrogen and oxygen atoms in total. The molecule has 2 heterocycles. The molecule has 0 aromatic carbocycles. The molecule has 1 atom stereocenters. The van der Waals surface area contributed by atoms with Crippen molar-refractivity contribution in [2.45, 2.75) is 46.9 Å². The van der Waals surface area contributed by atoms with Crippen LogP contribution in [0.2, 0.25) is 13.1 Å². The summed E-state index contributed by atoms with van der Waals surface area (Å²) in [6, 6.07) is 4.13. The van der Waals surface area contributed by atoms with E-state index in [0.717, 1.165) is 16.9 Å². The Morgan fingerprint density at radius 3 is 2.54 bits per heavy atom. The lowest BCUT2D eigenvalue weighted by molar-refractivity contribution is 0.0860. The van der Waals surface area contributed by atoms with Crippen molar-refractivity contribution in [1.82, 2.24) is 9.97 Å². The van der Waals surface area contributed by atoms with Gasteiger partial charge in [-0.15, -0.1) is 0 Å². The Balaban J connectivity index is 2.34. The minimum atomic E-state index is -1.19. The largest absolute Gasteiger partial charge is 0.413 e. The molecule has 2 aromatic rings. The van der Waals surface area contributed by atoms with E-state index in [2.05, 4.69) is 62.1 Å². The van der Waals surface area contributed by atoms with Crippen molar-refractivity contribution in [3.63, 3.8) is 0 Å². The smallest absolute Gasteiger partial charge is 0.189 e. The second-order valence-electron chi connectivity index (χ2n) is 7.12. The zero-order chi connectivity index (χ0) is 17.9. The zero-order valence-corrected chi connectivity index (χ0v) is 17.0. The average Bonchev–Trinajstić information content (AvgIpc) is 2.93. The van der Waals surface area contributed by atoms with Crippen LogP contribution >= 0.6 is 11.3 Å². The first-order valence-corrected chi connectivity index (χ1v) is 11.6. The standard InChI is InChI=1S/C17H24N4OSSi/c1-11-9-19-14(21-16-20-10-12(8-18)23-16)7-13(11)15(17(2,3)4)22-24(5)6/h7,9-10,15,24H,1-6H3,(H,19,20,21). The molecule has 0 aliphatic heterocycles. The zero-order valence-electron chi connectivity index (χ0n) is 15.0. The molecule has 7 heteroatoms. The number of pyridine rings is 1. The minimum absolute atomic E-state index is 0.00415. The molecule has 0 aliphatic rings. The van der Waals surface area contributed by atoms with E-state index in [1.165, 1.54) is 11.3 Å². The SMILES string of the molecule is Cc1cnc(Nc2ncc(C#N)s2)cc1C(O[SiH](C)C)C(C)(C)C. The Labute approximate surface area is 149 Å². The van der Waals surface area contributed by atoms with Gasteiger partial charge in [0.1, 0.15) is 16.8 Å². The molecule has 128 valence electrons. The maximum absolute atomic E-state index is 8.91. The average molecular weight is 361 g/mol. The molecule has 0 radical (unpaired) electrons. The van der Waals surface area contributed by atoms with Crippen molar-refractivity contribution < 1.29 is 4.43 Å². The molecule has 1 unspecified atom stereocenters. The Morgan fingerprint density at radius 2 is 2.00 bits per heavy atom. The van der Waals surface area contributed by atoms with E-state index in [-0.39, 0.29) is 11.5 Å². The predicted molar refractivity (Wildman–Crippen MR) is 101 cm³/mol. The number of hydrogen-bond acceptors (Lipinski definition) is 6. The van der Waals surface area contributed by atoms with Gasteiger partial charge in [-0.3, -0.25) is 0 Å². The Morgan fingerprint density at radius 1 is 1.29 bits per heavy atom. The lowest BCUT2D eigenvalue weighted by atomic mass is 9.83. The molecule has 24 heavy (non-hydrogen) atoms. The van der Waals surface area contributed by atoms with E-state index >= 15 is 0 Å². The summed E-state index contributed by atoms with van der Waals surface area (Å²) >= 11 is 1.31. The number of aryl methyl sites for hydroxylation is 1. The highest BCUT2D eigenvalue weighted by Gasteiger charge is 2.29. The van der Waals surface area contributed by atoms with Gasteiger partial charge in [0, 0.05) is 6.20 Å². The van der Waals surface area contributed by atoms with E-state index in [9.17, 15) is 0 Å². The van der Waals surface area contributed by atoms with Crippen LogP contribution in [0.15, 0.2) is 18.5 Å². The molecule has 0 saturated carbocycles. The number of anilines is 2. The molecule has 1 N–H and O–H groups in total. The van der Waals surface area contributed by atoms with Gasteiger partial charge < -0.3 is 9.74 Å². The highest BCUT2D eigenvalue weighted by Crippen LogP contribution is 2.39. The van der Waals surface area contributed by atoms with Crippen molar-refractivity contribution in [2.24, 2.45) is 5.41 Å². The molecule has 0 aliphatic carbocycles. The normalized spacial score (nSPS) is 12.9. The lowest BCUT2D eigenvalue weighted by Crippen LogP contribution is -2.26. The molecule has 0 amide bonds. The Kier molecular flexibility index (Phi) is 5.75. The van der Waals surface area contributed by atoms with E-state index in [1.807, 2.05) is 12.3 Å². The molecule has 0 bridgehead atoms. The molecular formula is C17H24N4OSSi. The third-order valence-electron chi connectivity index (χ3n) is 3.47. The molecule has 0 spiro atoms. The van der Waals surface area contributed by atoms with Gasteiger partial charge in [0.15, 0.2) is 14.2 Å². The number of nitrogens with zero attached hydrogens (tertiary/aromatic N) is 3. The maximum atomic E-state index is 8.91. The van der Waals surface area contributed by atoms with Gasteiger partial charge in [0.05, 0.1) is 12.3 Å². The highest BCUT2D eigenvalue weighted by molar-refractivity contribution is 7.16. The lowest BCUT2D eigenvalue weighted by Gasteiger charge is -2.34.